The Kier molecular flexibility index (Phi) is 3.75. The number of hydrogen-bond donors (Lipinski definition) is 2. The second-order valence-electron chi connectivity index (χ2n) is 3.12. The van der Waals surface area contributed by atoms with E-state index < -0.39 is 32.2 Å². The molecule has 0 fully saturated rings. The molecule has 3 N–H and O–H groups in total. The van der Waals surface area contributed by atoms with Crippen molar-refractivity contribution in [2.24, 2.45) is 5.14 Å². The van der Waals surface area contributed by atoms with Gasteiger partial charge >= 0.3 is 0 Å². The molecule has 1 aromatic heterocycles. The number of rotatable bonds is 4. The monoisotopic (exact) mass is 285 g/mol. The molecular formula is C7H11NO5S3. The lowest BCUT2D eigenvalue weighted by molar-refractivity contribution is 0.319. The molecule has 9 heteroatoms. The Bertz CT molecular complexity index is 584. The number of hydrogen-bond acceptors (Lipinski definition) is 6. The van der Waals surface area contributed by atoms with E-state index in [4.69, 9.17) is 10.2 Å². The molecule has 0 amide bonds. The maximum atomic E-state index is 11.6. The highest BCUT2D eigenvalue weighted by Gasteiger charge is 2.23. The summed E-state index contributed by atoms with van der Waals surface area (Å²) in [5.41, 5.74) is 0.322. The van der Waals surface area contributed by atoms with E-state index >= 15 is 0 Å². The average Bonchev–Trinajstić information content (AvgIpc) is 2.46. The van der Waals surface area contributed by atoms with Crippen LogP contribution in [0.25, 0.3) is 0 Å². The lowest BCUT2D eigenvalue weighted by Gasteiger charge is -1.99. The van der Waals surface area contributed by atoms with Gasteiger partial charge < -0.3 is 5.11 Å². The van der Waals surface area contributed by atoms with E-state index in [-0.39, 0.29) is 8.42 Å². The molecule has 0 spiro atoms. The minimum Gasteiger partial charge on any atom is -0.395 e. The molecule has 6 nitrogen and oxygen atoms in total. The molecular weight excluding hydrogens is 274 g/mol. The largest absolute Gasteiger partial charge is 0.395 e. The summed E-state index contributed by atoms with van der Waals surface area (Å²) in [5, 5.41) is 13.5. The molecule has 0 saturated heterocycles. The molecule has 0 unspecified atom stereocenters. The van der Waals surface area contributed by atoms with E-state index in [9.17, 15) is 16.8 Å². The van der Waals surface area contributed by atoms with Crippen molar-refractivity contribution in [2.45, 2.75) is 15.3 Å². The first kappa shape index (κ1) is 13.6. The Labute approximate surface area is 97.7 Å². The van der Waals surface area contributed by atoms with Crippen molar-refractivity contribution in [3.63, 3.8) is 0 Å². The Hall–Kier alpha value is -0.480. The van der Waals surface area contributed by atoms with Crippen molar-refractivity contribution in [1.29, 1.82) is 0 Å². The predicted molar refractivity (Wildman–Crippen MR) is 59.6 cm³/mol. The zero-order chi connectivity index (χ0) is 12.6. The summed E-state index contributed by atoms with van der Waals surface area (Å²) < 4.78 is 45.0. The van der Waals surface area contributed by atoms with Crippen molar-refractivity contribution in [1.82, 2.24) is 0 Å². The maximum absolute atomic E-state index is 11.6. The van der Waals surface area contributed by atoms with Crippen LogP contribution in [0.1, 0.15) is 5.56 Å². The summed E-state index contributed by atoms with van der Waals surface area (Å²) in [5.74, 6) is -0.432. The second kappa shape index (κ2) is 4.41. The van der Waals surface area contributed by atoms with E-state index in [1.807, 2.05) is 0 Å². The molecule has 0 saturated carbocycles. The second-order valence-corrected chi connectivity index (χ2v) is 8.27. The van der Waals surface area contributed by atoms with Crippen LogP contribution in [0.5, 0.6) is 0 Å². The lowest BCUT2D eigenvalue weighted by Crippen LogP contribution is -2.10. The third-order valence-corrected chi connectivity index (χ3v) is 6.84. The number of sulfone groups is 1. The third-order valence-electron chi connectivity index (χ3n) is 1.77. The van der Waals surface area contributed by atoms with E-state index in [0.717, 1.165) is 0 Å². The van der Waals surface area contributed by atoms with E-state index in [1.165, 1.54) is 13.0 Å². The van der Waals surface area contributed by atoms with E-state index in [1.54, 1.807) is 0 Å². The van der Waals surface area contributed by atoms with E-state index in [2.05, 4.69) is 0 Å². The van der Waals surface area contributed by atoms with Gasteiger partial charge in [0.25, 0.3) is 0 Å². The SMILES string of the molecule is Cc1cc(S(N)(=O)=O)sc1S(=O)(=O)CCO. The van der Waals surface area contributed by atoms with Gasteiger partial charge in [-0.2, -0.15) is 0 Å². The molecule has 1 rings (SSSR count). The van der Waals surface area contributed by atoms with Gasteiger partial charge in [-0.05, 0) is 18.6 Å². The highest BCUT2D eigenvalue weighted by atomic mass is 32.3. The molecule has 1 aromatic rings. The number of thiophene rings is 1. The van der Waals surface area contributed by atoms with Gasteiger partial charge in [-0.15, -0.1) is 11.3 Å². The van der Waals surface area contributed by atoms with Crippen molar-refractivity contribution in [3.05, 3.63) is 11.6 Å². The van der Waals surface area contributed by atoms with Gasteiger partial charge in [0.1, 0.15) is 8.42 Å². The Morgan fingerprint density at radius 3 is 2.31 bits per heavy atom. The van der Waals surface area contributed by atoms with Crippen LogP contribution in [0, 0.1) is 6.92 Å². The number of primary sulfonamides is 1. The van der Waals surface area contributed by atoms with Crippen molar-refractivity contribution >= 4 is 31.2 Å². The molecule has 1 heterocycles. The van der Waals surface area contributed by atoms with Gasteiger partial charge in [-0.1, -0.05) is 0 Å². The minimum atomic E-state index is -3.89. The van der Waals surface area contributed by atoms with Crippen molar-refractivity contribution < 1.29 is 21.9 Å². The van der Waals surface area contributed by atoms with Gasteiger partial charge in [0.05, 0.1) is 12.4 Å². The Morgan fingerprint density at radius 2 is 1.94 bits per heavy atom. The molecule has 0 aliphatic heterocycles. The van der Waals surface area contributed by atoms with Gasteiger partial charge in [0.2, 0.25) is 10.0 Å². The third kappa shape index (κ3) is 2.80. The maximum Gasteiger partial charge on any atom is 0.247 e. The molecule has 0 atom stereocenters. The fourth-order valence-electron chi connectivity index (χ4n) is 1.10. The molecule has 0 aliphatic rings. The van der Waals surface area contributed by atoms with Crippen LogP contribution >= 0.6 is 11.3 Å². The van der Waals surface area contributed by atoms with Crippen molar-refractivity contribution in [2.75, 3.05) is 12.4 Å². The molecule has 0 aliphatic carbocycles. The molecule has 0 aromatic carbocycles. The van der Waals surface area contributed by atoms with E-state index in [0.29, 0.717) is 16.9 Å². The highest BCUT2D eigenvalue weighted by molar-refractivity contribution is 7.95. The van der Waals surface area contributed by atoms with Crippen LogP contribution in [0.4, 0.5) is 0 Å². The molecule has 16 heavy (non-hydrogen) atoms. The molecule has 0 bridgehead atoms. The smallest absolute Gasteiger partial charge is 0.247 e. The molecule has 0 radical (unpaired) electrons. The van der Waals surface area contributed by atoms with Crippen LogP contribution in [0.15, 0.2) is 14.5 Å². The number of aliphatic hydroxyl groups is 1. The fourth-order valence-corrected chi connectivity index (χ4v) is 4.95. The first-order valence-corrected chi connectivity index (χ1v) is 8.17. The summed E-state index contributed by atoms with van der Waals surface area (Å²) in [7, 11) is -7.52. The minimum absolute atomic E-state index is 0.0643. The Morgan fingerprint density at radius 1 is 1.38 bits per heavy atom. The average molecular weight is 285 g/mol. The Balaban J connectivity index is 3.34. The topological polar surface area (TPSA) is 115 Å². The van der Waals surface area contributed by atoms with Gasteiger partial charge in [-0.25, -0.2) is 22.0 Å². The zero-order valence-corrected chi connectivity index (χ0v) is 10.8. The summed E-state index contributed by atoms with van der Waals surface area (Å²) >= 11 is 0.601. The lowest BCUT2D eigenvalue weighted by atomic mass is 10.4. The number of sulfonamides is 1. The van der Waals surface area contributed by atoms with Gasteiger partial charge in [0.15, 0.2) is 9.84 Å². The van der Waals surface area contributed by atoms with Crippen LogP contribution in [-0.4, -0.2) is 34.3 Å². The van der Waals surface area contributed by atoms with Crippen LogP contribution in [-0.2, 0) is 19.9 Å². The summed E-state index contributed by atoms with van der Waals surface area (Å²) in [6, 6.07) is 1.21. The predicted octanol–water partition coefficient (Wildman–Crippen LogP) is -0.530. The number of aliphatic hydroxyl groups excluding tert-OH is 1. The fraction of sp³-hybridized carbons (Fsp3) is 0.429. The summed E-state index contributed by atoms with van der Waals surface area (Å²) in [4.78, 5) is 0. The van der Waals surface area contributed by atoms with Crippen LogP contribution in [0.2, 0.25) is 0 Å². The number of aryl methyl sites for hydroxylation is 1. The van der Waals surface area contributed by atoms with Crippen molar-refractivity contribution in [3.8, 4) is 0 Å². The zero-order valence-electron chi connectivity index (χ0n) is 8.37. The quantitative estimate of drug-likeness (QED) is 0.771. The number of nitrogens with two attached hydrogens (primary N) is 1. The standard InChI is InChI=1S/C7H11NO5S3/c1-5-4-6(16(8,12)13)14-7(5)15(10,11)3-2-9/h4,9H,2-3H2,1H3,(H2,8,12,13). The van der Waals surface area contributed by atoms with Gasteiger partial charge in [0, 0.05) is 0 Å². The summed E-state index contributed by atoms with van der Waals surface area (Å²) in [6.07, 6.45) is 0. The van der Waals surface area contributed by atoms with Gasteiger partial charge in [-0.3, -0.25) is 0 Å². The normalized spacial score (nSPS) is 12.9. The highest BCUT2D eigenvalue weighted by Crippen LogP contribution is 2.29. The first-order valence-electron chi connectivity index (χ1n) is 4.15. The van der Waals surface area contributed by atoms with Crippen LogP contribution < -0.4 is 5.14 Å². The summed E-state index contributed by atoms with van der Waals surface area (Å²) in [6.45, 7) is 0.972. The van der Waals surface area contributed by atoms with Crippen LogP contribution in [0.3, 0.4) is 0 Å². The molecule has 92 valence electrons. The first-order chi connectivity index (χ1) is 7.18.